The van der Waals surface area contributed by atoms with E-state index in [9.17, 15) is 4.79 Å². The first-order valence-corrected chi connectivity index (χ1v) is 10.6. The molecule has 0 bridgehead atoms. The van der Waals surface area contributed by atoms with Crippen LogP contribution in [0.25, 0.3) is 22.5 Å². The molecule has 2 aromatic carbocycles. The predicted octanol–water partition coefficient (Wildman–Crippen LogP) is 5.98. The van der Waals surface area contributed by atoms with Gasteiger partial charge in [-0.3, -0.25) is 9.78 Å². The Morgan fingerprint density at radius 1 is 1.03 bits per heavy atom. The predicted molar refractivity (Wildman–Crippen MR) is 123 cm³/mol. The van der Waals surface area contributed by atoms with Gasteiger partial charge < -0.3 is 8.98 Å². The molecule has 0 atom stereocenters. The molecule has 3 heterocycles. The van der Waals surface area contributed by atoms with Crippen LogP contribution < -0.4 is 0 Å². The lowest BCUT2D eigenvalue weighted by molar-refractivity contribution is 0.100. The van der Waals surface area contributed by atoms with Gasteiger partial charge in [0.1, 0.15) is 10.8 Å². The maximum absolute atomic E-state index is 13.4. The van der Waals surface area contributed by atoms with Crippen LogP contribution in [0.5, 0.6) is 0 Å². The topological polar surface area (TPSA) is 73.8 Å². The molecule has 32 heavy (non-hydrogen) atoms. The summed E-state index contributed by atoms with van der Waals surface area (Å²) in [6.45, 7) is 2.44. The third kappa shape index (κ3) is 3.68. The van der Waals surface area contributed by atoms with Gasteiger partial charge in [-0.05, 0) is 48.9 Å². The van der Waals surface area contributed by atoms with Gasteiger partial charge in [-0.1, -0.05) is 53.0 Å². The summed E-state index contributed by atoms with van der Waals surface area (Å²) in [6.07, 6.45) is 1.62. The Balaban J connectivity index is 1.60. The molecule has 0 saturated carbocycles. The number of benzene rings is 2. The van der Waals surface area contributed by atoms with Gasteiger partial charge >= 0.3 is 0 Å². The fraction of sp³-hybridized carbons (Fsp3) is 0.0833. The van der Waals surface area contributed by atoms with Crippen molar-refractivity contribution in [2.75, 3.05) is 0 Å². The van der Waals surface area contributed by atoms with Crippen LogP contribution in [0.1, 0.15) is 27.4 Å². The van der Waals surface area contributed by atoms with E-state index in [2.05, 4.69) is 15.2 Å². The van der Waals surface area contributed by atoms with Gasteiger partial charge in [0.05, 0.1) is 11.1 Å². The largest absolute Gasteiger partial charge is 0.412 e. The minimum atomic E-state index is -0.435. The van der Waals surface area contributed by atoms with Gasteiger partial charge in [0.15, 0.2) is 0 Å². The summed E-state index contributed by atoms with van der Waals surface area (Å²) in [5.41, 5.74) is 3.67. The second kappa shape index (κ2) is 8.22. The molecular weight excluding hydrogens is 447 g/mol. The van der Waals surface area contributed by atoms with Gasteiger partial charge in [0.2, 0.25) is 0 Å². The molecule has 0 saturated heterocycles. The number of aryl methyl sites for hydroxylation is 1. The number of carbonyl (C=O) groups excluding carboxylic acids is 1. The number of pyridine rings is 1. The maximum atomic E-state index is 13.4. The van der Waals surface area contributed by atoms with Gasteiger partial charge in [-0.25, -0.2) is 0 Å². The zero-order valence-electron chi connectivity index (χ0n) is 16.9. The lowest BCUT2D eigenvalue weighted by Crippen LogP contribution is -2.04. The molecular formula is C24H16Cl2N4O2. The smallest absolute Gasteiger partial charge is 0.289 e. The van der Waals surface area contributed by atoms with Crippen molar-refractivity contribution >= 4 is 39.9 Å². The second-order valence-corrected chi connectivity index (χ2v) is 8.15. The molecule has 0 aliphatic carbocycles. The highest BCUT2D eigenvalue weighted by Gasteiger charge is 2.27. The van der Waals surface area contributed by atoms with Crippen LogP contribution in [0, 0.1) is 6.92 Å². The molecule has 0 aliphatic heterocycles. The average molecular weight is 463 g/mol. The van der Waals surface area contributed by atoms with E-state index in [1.165, 1.54) is 0 Å². The molecule has 5 aromatic rings. The maximum Gasteiger partial charge on any atom is 0.289 e. The number of hydrogen-bond donors (Lipinski definition) is 0. The molecule has 0 fully saturated rings. The summed E-state index contributed by atoms with van der Waals surface area (Å²) in [4.78, 5) is 17.6. The number of fused-ring (bicyclic) bond motifs is 1. The Hall–Kier alpha value is -3.48. The van der Waals surface area contributed by atoms with Crippen molar-refractivity contribution in [1.82, 2.24) is 19.7 Å². The number of ketones is 1. The van der Waals surface area contributed by atoms with Gasteiger partial charge in [0, 0.05) is 23.2 Å². The van der Waals surface area contributed by atoms with Crippen molar-refractivity contribution in [3.05, 3.63) is 99.6 Å². The van der Waals surface area contributed by atoms with Crippen molar-refractivity contribution in [2.45, 2.75) is 13.5 Å². The van der Waals surface area contributed by atoms with Crippen LogP contribution in [0.3, 0.4) is 0 Å². The zero-order chi connectivity index (χ0) is 22.2. The highest BCUT2D eigenvalue weighted by molar-refractivity contribution is 6.36. The van der Waals surface area contributed by atoms with Gasteiger partial charge in [-0.2, -0.15) is 0 Å². The number of halogens is 2. The number of nitrogens with zero attached hydrogens (tertiary/aromatic N) is 4. The SMILES string of the molecule is Cc1ccc2c(c1)c(C(=O)c1nnc(-c3ccccn3)o1)c(Cl)n2Cc1ccc(Cl)cc1. The fourth-order valence-corrected chi connectivity index (χ4v) is 4.06. The second-order valence-electron chi connectivity index (χ2n) is 7.36. The van der Waals surface area contributed by atoms with Crippen molar-refractivity contribution < 1.29 is 9.21 Å². The van der Waals surface area contributed by atoms with Crippen molar-refractivity contribution in [1.29, 1.82) is 0 Å². The highest BCUT2D eigenvalue weighted by Crippen LogP contribution is 2.33. The normalized spacial score (nSPS) is 11.2. The summed E-state index contributed by atoms with van der Waals surface area (Å²) < 4.78 is 7.54. The van der Waals surface area contributed by atoms with E-state index in [0.717, 1.165) is 22.0 Å². The number of aromatic nitrogens is 4. The highest BCUT2D eigenvalue weighted by atomic mass is 35.5. The molecule has 6 nitrogen and oxygen atoms in total. The Morgan fingerprint density at radius 2 is 1.84 bits per heavy atom. The Kier molecular flexibility index (Phi) is 5.25. The van der Waals surface area contributed by atoms with Crippen LogP contribution >= 0.6 is 23.2 Å². The fourth-order valence-electron chi connectivity index (χ4n) is 3.59. The number of rotatable bonds is 5. The van der Waals surface area contributed by atoms with E-state index >= 15 is 0 Å². The Morgan fingerprint density at radius 3 is 2.59 bits per heavy atom. The van der Waals surface area contributed by atoms with E-state index in [1.54, 1.807) is 24.4 Å². The van der Waals surface area contributed by atoms with Crippen LogP contribution in [-0.4, -0.2) is 25.5 Å². The summed E-state index contributed by atoms with van der Waals surface area (Å²) in [6, 6.07) is 18.7. The standard InChI is InChI=1S/C24H16Cl2N4O2/c1-14-5-10-19-17(12-14)20(22(26)30(19)13-15-6-8-16(25)9-7-15)21(31)24-29-28-23(32-24)18-4-2-3-11-27-18/h2-12H,13H2,1H3. The molecule has 0 aliphatic rings. The van der Waals surface area contributed by atoms with Crippen LogP contribution in [0.2, 0.25) is 10.2 Å². The first-order chi connectivity index (χ1) is 15.5. The molecule has 0 amide bonds. The molecule has 0 spiro atoms. The third-order valence-corrected chi connectivity index (χ3v) is 5.78. The third-order valence-electron chi connectivity index (χ3n) is 5.14. The molecule has 3 aromatic heterocycles. The van der Waals surface area contributed by atoms with Crippen LogP contribution in [-0.2, 0) is 6.54 Å². The van der Waals surface area contributed by atoms with Gasteiger partial charge in [-0.15, -0.1) is 10.2 Å². The van der Waals surface area contributed by atoms with E-state index in [0.29, 0.717) is 28.0 Å². The molecule has 8 heteroatoms. The molecule has 0 radical (unpaired) electrons. The summed E-state index contributed by atoms with van der Waals surface area (Å²) in [5.74, 6) is -0.402. The quantitative estimate of drug-likeness (QED) is 0.300. The molecule has 158 valence electrons. The molecule has 5 rings (SSSR count). The lowest BCUT2D eigenvalue weighted by Gasteiger charge is -2.08. The van der Waals surface area contributed by atoms with E-state index in [1.807, 2.05) is 54.0 Å². The number of carbonyl (C=O) groups is 1. The van der Waals surface area contributed by atoms with Crippen molar-refractivity contribution in [3.63, 3.8) is 0 Å². The van der Waals surface area contributed by atoms with E-state index < -0.39 is 5.78 Å². The summed E-state index contributed by atoms with van der Waals surface area (Å²) in [5, 5.41) is 9.63. The zero-order valence-corrected chi connectivity index (χ0v) is 18.4. The van der Waals surface area contributed by atoms with E-state index in [-0.39, 0.29) is 11.8 Å². The minimum absolute atomic E-state index is 0.139. The first-order valence-electron chi connectivity index (χ1n) is 9.83. The summed E-state index contributed by atoms with van der Waals surface area (Å²) in [7, 11) is 0. The van der Waals surface area contributed by atoms with E-state index in [4.69, 9.17) is 27.6 Å². The van der Waals surface area contributed by atoms with Gasteiger partial charge in [0.25, 0.3) is 17.6 Å². The average Bonchev–Trinajstić information content (AvgIpc) is 3.39. The number of hydrogen-bond acceptors (Lipinski definition) is 5. The minimum Gasteiger partial charge on any atom is -0.412 e. The van der Waals surface area contributed by atoms with Crippen molar-refractivity contribution in [2.24, 2.45) is 0 Å². The van der Waals surface area contributed by atoms with Crippen molar-refractivity contribution in [3.8, 4) is 11.6 Å². The Labute approximate surface area is 193 Å². The summed E-state index contributed by atoms with van der Waals surface area (Å²) >= 11 is 12.8. The lowest BCUT2D eigenvalue weighted by atomic mass is 10.1. The molecule has 0 N–H and O–H groups in total. The first kappa shape index (κ1) is 20.4. The monoisotopic (exact) mass is 462 g/mol. The van der Waals surface area contributed by atoms with Crippen LogP contribution in [0.4, 0.5) is 0 Å². The van der Waals surface area contributed by atoms with Crippen LogP contribution in [0.15, 0.2) is 71.3 Å². The Bertz CT molecular complexity index is 1440. The molecule has 0 unspecified atom stereocenters.